The Labute approximate surface area is 167 Å². The first-order valence-corrected chi connectivity index (χ1v) is 9.92. The Morgan fingerprint density at radius 2 is 1.93 bits per heavy atom. The molecular weight excluding hydrogens is 376 g/mol. The van der Waals surface area contributed by atoms with Gasteiger partial charge in [0.15, 0.2) is 5.75 Å². The average Bonchev–Trinajstić information content (AvgIpc) is 3.06. The molecule has 3 rings (SSSR count). The number of nitro benzene ring substituents is 1. The summed E-state index contributed by atoms with van der Waals surface area (Å²) in [6.45, 7) is 4.50. The van der Waals surface area contributed by atoms with Crippen molar-refractivity contribution in [2.45, 2.75) is 31.9 Å². The Morgan fingerprint density at radius 3 is 2.68 bits per heavy atom. The van der Waals surface area contributed by atoms with Gasteiger partial charge in [-0.2, -0.15) is 0 Å². The van der Waals surface area contributed by atoms with Crippen molar-refractivity contribution in [1.82, 2.24) is 5.32 Å². The molecule has 0 saturated carbocycles. The monoisotopic (exact) mass is 400 g/mol. The van der Waals surface area contributed by atoms with Gasteiger partial charge in [-0.05, 0) is 43.9 Å². The summed E-state index contributed by atoms with van der Waals surface area (Å²) in [6, 6.07) is 16.7. The Kier molecular flexibility index (Phi) is 6.28. The maximum atomic E-state index is 11.0. The summed E-state index contributed by atoms with van der Waals surface area (Å²) in [5, 5.41) is 25.9. The minimum atomic E-state index is -0.776. The van der Waals surface area contributed by atoms with Gasteiger partial charge in [-0.3, -0.25) is 10.1 Å². The van der Waals surface area contributed by atoms with Crippen molar-refractivity contribution in [3.05, 3.63) is 69.6 Å². The van der Waals surface area contributed by atoms with Crippen molar-refractivity contribution < 1.29 is 14.8 Å². The number of para-hydroxylation sites is 2. The van der Waals surface area contributed by atoms with Crippen LogP contribution in [0, 0.1) is 10.1 Å². The average molecular weight is 401 g/mol. The number of aliphatic hydroxyl groups excluding tert-OH is 1. The molecule has 2 N–H and O–H groups in total. The number of nitrogens with zero attached hydrogens (tertiary/aromatic N) is 1. The fraction of sp³-hybridized carbons (Fsp3) is 0.333. The van der Waals surface area contributed by atoms with Crippen molar-refractivity contribution in [3.8, 4) is 5.75 Å². The van der Waals surface area contributed by atoms with Gasteiger partial charge >= 0.3 is 5.69 Å². The van der Waals surface area contributed by atoms with Crippen molar-refractivity contribution in [2.75, 3.05) is 13.2 Å². The smallest absolute Gasteiger partial charge is 0.310 e. The van der Waals surface area contributed by atoms with Crippen LogP contribution in [0.15, 0.2) is 54.6 Å². The summed E-state index contributed by atoms with van der Waals surface area (Å²) in [6.07, 6.45) is 0.0610. The lowest BCUT2D eigenvalue weighted by molar-refractivity contribution is -0.385. The number of nitrogens with one attached hydrogen (secondary N) is 1. The van der Waals surface area contributed by atoms with E-state index in [9.17, 15) is 15.2 Å². The van der Waals surface area contributed by atoms with Gasteiger partial charge in [0.25, 0.3) is 0 Å². The molecule has 0 amide bonds. The predicted octanol–water partition coefficient (Wildman–Crippen LogP) is 4.16. The first-order valence-electron chi connectivity index (χ1n) is 9.11. The van der Waals surface area contributed by atoms with Crippen molar-refractivity contribution >= 4 is 27.1 Å². The van der Waals surface area contributed by atoms with Gasteiger partial charge < -0.3 is 15.2 Å². The van der Waals surface area contributed by atoms with E-state index in [1.165, 1.54) is 27.1 Å². The van der Waals surface area contributed by atoms with E-state index in [4.69, 9.17) is 4.74 Å². The van der Waals surface area contributed by atoms with Crippen molar-refractivity contribution in [1.29, 1.82) is 0 Å². The van der Waals surface area contributed by atoms with Crippen molar-refractivity contribution in [2.24, 2.45) is 0 Å². The maximum Gasteiger partial charge on any atom is 0.310 e. The summed E-state index contributed by atoms with van der Waals surface area (Å²) in [7, 11) is 0. The third-order valence-electron chi connectivity index (χ3n) is 4.40. The summed E-state index contributed by atoms with van der Waals surface area (Å²) in [5.41, 5.74) is -0.312. The van der Waals surface area contributed by atoms with Crippen LogP contribution in [0.1, 0.15) is 18.7 Å². The zero-order valence-electron chi connectivity index (χ0n) is 15.9. The molecule has 3 aromatic rings. The zero-order chi connectivity index (χ0) is 20.1. The molecule has 0 saturated heterocycles. The highest BCUT2D eigenvalue weighted by molar-refractivity contribution is 7.19. The number of ether oxygens (including phenoxy) is 1. The van der Waals surface area contributed by atoms with E-state index in [0.717, 1.165) is 6.42 Å². The number of aliphatic hydroxyl groups is 1. The lowest BCUT2D eigenvalue weighted by atomic mass is 9.99. The molecule has 7 heteroatoms. The molecule has 0 fully saturated rings. The summed E-state index contributed by atoms with van der Waals surface area (Å²) >= 11 is 1.78. The number of hydrogen-bond acceptors (Lipinski definition) is 6. The molecule has 1 unspecified atom stereocenters. The number of nitro groups is 1. The van der Waals surface area contributed by atoms with Crippen molar-refractivity contribution in [3.63, 3.8) is 0 Å². The fourth-order valence-electron chi connectivity index (χ4n) is 2.99. The maximum absolute atomic E-state index is 11.0. The van der Waals surface area contributed by atoms with Crippen LogP contribution in [0.4, 0.5) is 5.69 Å². The largest absolute Gasteiger partial charge is 0.484 e. The summed E-state index contributed by atoms with van der Waals surface area (Å²) < 4.78 is 6.72. The highest BCUT2D eigenvalue weighted by Gasteiger charge is 2.21. The lowest BCUT2D eigenvalue weighted by Crippen LogP contribution is -2.46. The number of thiophene rings is 1. The summed E-state index contributed by atoms with van der Waals surface area (Å²) in [4.78, 5) is 11.8. The fourth-order valence-corrected chi connectivity index (χ4v) is 4.28. The van der Waals surface area contributed by atoms with E-state index in [1.807, 2.05) is 12.1 Å². The first kappa shape index (κ1) is 20.3. The van der Waals surface area contributed by atoms with E-state index in [-0.39, 0.29) is 23.6 Å². The van der Waals surface area contributed by atoms with Gasteiger partial charge in [0.05, 0.1) is 4.92 Å². The Balaban J connectivity index is 1.51. The molecule has 148 valence electrons. The van der Waals surface area contributed by atoms with Gasteiger partial charge in [0.1, 0.15) is 12.7 Å². The van der Waals surface area contributed by atoms with Gasteiger partial charge in [0.2, 0.25) is 0 Å². The topological polar surface area (TPSA) is 84.6 Å². The Bertz CT molecular complexity index is 921. The highest BCUT2D eigenvalue weighted by atomic mass is 32.1. The third kappa shape index (κ3) is 5.28. The van der Waals surface area contributed by atoms with Crippen LogP contribution in [0.25, 0.3) is 10.1 Å². The minimum Gasteiger partial charge on any atom is -0.484 e. The van der Waals surface area contributed by atoms with Crippen LogP contribution in [0.3, 0.4) is 0 Å². The number of hydrogen-bond donors (Lipinski definition) is 2. The van der Waals surface area contributed by atoms with Gasteiger partial charge in [0, 0.05) is 27.7 Å². The molecule has 0 bridgehead atoms. The van der Waals surface area contributed by atoms with Crippen LogP contribution in [0.5, 0.6) is 5.75 Å². The second-order valence-corrected chi connectivity index (χ2v) is 8.55. The van der Waals surface area contributed by atoms with Crippen LogP contribution < -0.4 is 10.1 Å². The van der Waals surface area contributed by atoms with E-state index in [0.29, 0.717) is 6.54 Å². The second kappa shape index (κ2) is 8.68. The predicted molar refractivity (Wildman–Crippen MR) is 112 cm³/mol. The molecule has 1 atom stereocenters. The van der Waals surface area contributed by atoms with Gasteiger partial charge in [-0.15, -0.1) is 11.3 Å². The molecule has 0 spiro atoms. The molecule has 1 heterocycles. The van der Waals surface area contributed by atoms with Crippen LogP contribution in [-0.4, -0.2) is 34.8 Å². The SMILES string of the molecule is CC(C)(Cc1cc2ccccc2s1)NCC(O)COc1ccccc1[N+](=O)[O-]. The Hall–Kier alpha value is -2.48. The molecule has 2 aromatic carbocycles. The number of fused-ring (bicyclic) bond motifs is 1. The number of benzene rings is 2. The number of rotatable bonds is 9. The Morgan fingerprint density at radius 1 is 1.21 bits per heavy atom. The number of β-amino-alcohol motifs (C(OH)–C–C–N with tert-alkyl or cyclic N) is 1. The molecule has 6 nitrogen and oxygen atoms in total. The molecule has 0 aliphatic carbocycles. The quantitative estimate of drug-likeness (QED) is 0.416. The van der Waals surface area contributed by atoms with Gasteiger partial charge in [-0.25, -0.2) is 0 Å². The van der Waals surface area contributed by atoms with E-state index >= 15 is 0 Å². The van der Waals surface area contributed by atoms with E-state index in [2.05, 4.69) is 37.4 Å². The normalized spacial score (nSPS) is 12.8. The second-order valence-electron chi connectivity index (χ2n) is 7.38. The van der Waals surface area contributed by atoms with Gasteiger partial charge in [-0.1, -0.05) is 30.3 Å². The minimum absolute atomic E-state index is 0.0170. The third-order valence-corrected chi connectivity index (χ3v) is 5.52. The first-order chi connectivity index (χ1) is 13.3. The highest BCUT2D eigenvalue weighted by Crippen LogP contribution is 2.28. The van der Waals surface area contributed by atoms with E-state index < -0.39 is 11.0 Å². The molecule has 28 heavy (non-hydrogen) atoms. The van der Waals surface area contributed by atoms with E-state index in [1.54, 1.807) is 23.5 Å². The molecule has 1 aromatic heterocycles. The molecule has 0 aliphatic heterocycles. The molecular formula is C21H24N2O4S. The van der Waals surface area contributed by atoms with Crippen LogP contribution in [0.2, 0.25) is 0 Å². The summed E-state index contributed by atoms with van der Waals surface area (Å²) in [5.74, 6) is 0.163. The lowest BCUT2D eigenvalue weighted by Gasteiger charge is -2.27. The zero-order valence-corrected chi connectivity index (χ0v) is 16.7. The molecule has 0 radical (unpaired) electrons. The molecule has 0 aliphatic rings. The van der Waals surface area contributed by atoms with Crippen LogP contribution in [-0.2, 0) is 6.42 Å². The standard InChI is InChI=1S/C21H24N2O4S/c1-21(2,12-17-11-15-7-3-6-10-20(15)28-17)22-13-16(24)14-27-19-9-5-4-8-18(19)23(25)26/h3-11,16,22,24H,12-14H2,1-2H3. The van der Waals surface area contributed by atoms with Crippen LogP contribution >= 0.6 is 11.3 Å².